The first-order chi connectivity index (χ1) is 13.6. The van der Waals surface area contributed by atoms with Crippen LogP contribution in [-0.2, 0) is 19.1 Å². The highest BCUT2D eigenvalue weighted by atomic mass is 16.5. The minimum Gasteiger partial charge on any atom is -0.383 e. The van der Waals surface area contributed by atoms with Gasteiger partial charge in [-0.15, -0.1) is 0 Å². The molecule has 2 aliphatic rings. The van der Waals surface area contributed by atoms with Crippen molar-refractivity contribution in [2.75, 3.05) is 53.5 Å². The van der Waals surface area contributed by atoms with Crippen LogP contribution in [0.4, 0.5) is 4.79 Å². The van der Waals surface area contributed by atoms with E-state index in [1.165, 1.54) is 0 Å². The summed E-state index contributed by atoms with van der Waals surface area (Å²) in [6.07, 6.45) is 1.22. The monoisotopic (exact) mass is 411 g/mol. The van der Waals surface area contributed by atoms with Crippen molar-refractivity contribution in [2.45, 2.75) is 40.5 Å². The van der Waals surface area contributed by atoms with Gasteiger partial charge >= 0.3 is 6.03 Å². The first-order valence-electron chi connectivity index (χ1n) is 10.4. The van der Waals surface area contributed by atoms with Gasteiger partial charge in [0.25, 0.3) is 0 Å². The summed E-state index contributed by atoms with van der Waals surface area (Å²) in [5.74, 6) is 0.415. The molecule has 2 unspecified atom stereocenters. The van der Waals surface area contributed by atoms with Gasteiger partial charge in [-0.2, -0.15) is 0 Å². The molecular weight excluding hydrogens is 374 g/mol. The second-order valence-electron chi connectivity index (χ2n) is 8.19. The predicted molar refractivity (Wildman–Crippen MR) is 110 cm³/mol. The molecule has 0 spiro atoms. The summed E-state index contributed by atoms with van der Waals surface area (Å²) in [5.41, 5.74) is 0. The number of carbonyl (C=O) groups excluding carboxylic acids is 4. The number of urea groups is 1. The molecule has 2 rings (SSSR count). The summed E-state index contributed by atoms with van der Waals surface area (Å²) in [5, 5.41) is 0. The van der Waals surface area contributed by atoms with E-state index in [1.807, 2.05) is 27.7 Å². The molecule has 3 amide bonds. The molecule has 2 saturated heterocycles. The third kappa shape index (κ3) is 7.42. The van der Waals surface area contributed by atoms with Gasteiger partial charge in [-0.3, -0.25) is 14.4 Å². The van der Waals surface area contributed by atoms with Crippen LogP contribution in [-0.4, -0.2) is 91.7 Å². The van der Waals surface area contributed by atoms with E-state index in [9.17, 15) is 19.2 Å². The molecule has 0 aromatic carbocycles. The topological polar surface area (TPSA) is 87.2 Å². The fourth-order valence-electron chi connectivity index (χ4n) is 3.27. The molecule has 0 saturated carbocycles. The normalized spacial score (nSPS) is 20.2. The summed E-state index contributed by atoms with van der Waals surface area (Å²) in [6, 6.07) is -0.0262. The Morgan fingerprint density at radius 2 is 1.79 bits per heavy atom. The largest absolute Gasteiger partial charge is 0.383 e. The number of hydrogen-bond donors (Lipinski definition) is 0. The Hall–Kier alpha value is -1.96. The van der Waals surface area contributed by atoms with E-state index in [0.29, 0.717) is 32.7 Å². The lowest BCUT2D eigenvalue weighted by molar-refractivity contribution is -0.129. The summed E-state index contributed by atoms with van der Waals surface area (Å²) in [4.78, 5) is 51.2. The van der Waals surface area contributed by atoms with Gasteiger partial charge in [0.15, 0.2) is 5.78 Å². The number of nitrogens with zero attached hydrogens (tertiary/aromatic N) is 3. The number of amides is 3. The Kier molecular flexibility index (Phi) is 10.3. The summed E-state index contributed by atoms with van der Waals surface area (Å²) in [7, 11) is 3.37. The number of hydrogen-bond acceptors (Lipinski definition) is 5. The van der Waals surface area contributed by atoms with Gasteiger partial charge in [0.1, 0.15) is 5.78 Å². The van der Waals surface area contributed by atoms with Crippen molar-refractivity contribution in [2.24, 2.45) is 17.8 Å². The number of carbonyl (C=O) groups is 4. The van der Waals surface area contributed by atoms with Crippen LogP contribution in [0.2, 0.25) is 0 Å². The summed E-state index contributed by atoms with van der Waals surface area (Å²) < 4.78 is 4.92. The Labute approximate surface area is 174 Å². The smallest absolute Gasteiger partial charge is 0.320 e. The van der Waals surface area contributed by atoms with E-state index in [2.05, 4.69) is 0 Å². The van der Waals surface area contributed by atoms with Crippen molar-refractivity contribution in [3.05, 3.63) is 0 Å². The van der Waals surface area contributed by atoms with Crippen LogP contribution in [0.5, 0.6) is 0 Å². The molecule has 2 fully saturated rings. The minimum absolute atomic E-state index is 0.0187. The first kappa shape index (κ1) is 25.1. The highest BCUT2D eigenvalue weighted by molar-refractivity contribution is 5.91. The number of likely N-dealkylation sites (N-methyl/N-ethyl adjacent to an activating group) is 1. The molecule has 2 atom stereocenters. The van der Waals surface area contributed by atoms with Crippen molar-refractivity contribution in [3.63, 3.8) is 0 Å². The van der Waals surface area contributed by atoms with Gasteiger partial charge in [-0.25, -0.2) is 4.79 Å². The van der Waals surface area contributed by atoms with Gasteiger partial charge in [0, 0.05) is 64.5 Å². The zero-order valence-corrected chi connectivity index (χ0v) is 18.8. The number of methoxy groups -OCH3 is 1. The third-order valence-corrected chi connectivity index (χ3v) is 5.56. The molecule has 0 bridgehead atoms. The molecular formula is C21H37N3O5. The highest BCUT2D eigenvalue weighted by Gasteiger charge is 2.34. The second-order valence-corrected chi connectivity index (χ2v) is 8.19. The Morgan fingerprint density at radius 1 is 1.14 bits per heavy atom. The van der Waals surface area contributed by atoms with E-state index in [4.69, 9.17) is 4.74 Å². The highest BCUT2D eigenvalue weighted by Crippen LogP contribution is 2.21. The minimum atomic E-state index is -0.102. The SMILES string of the molecule is CCC(C)C(=O)CN1CCN(C)C1=O.COCCN1CC(C(=O)C(C)C)CC1=O. The molecule has 8 nitrogen and oxygen atoms in total. The van der Waals surface area contributed by atoms with Crippen molar-refractivity contribution in [1.82, 2.24) is 14.7 Å². The van der Waals surface area contributed by atoms with Gasteiger partial charge in [-0.05, 0) is 6.42 Å². The van der Waals surface area contributed by atoms with Crippen molar-refractivity contribution in [1.29, 1.82) is 0 Å². The first-order valence-corrected chi connectivity index (χ1v) is 10.4. The Balaban J connectivity index is 0.000000291. The average molecular weight is 412 g/mol. The molecule has 2 heterocycles. The van der Waals surface area contributed by atoms with Crippen LogP contribution < -0.4 is 0 Å². The zero-order chi connectivity index (χ0) is 22.1. The van der Waals surface area contributed by atoms with Gasteiger partial charge in [0.2, 0.25) is 5.91 Å². The molecule has 0 aromatic heterocycles. The lowest BCUT2D eigenvalue weighted by atomic mass is 9.95. The predicted octanol–water partition coefficient (Wildman–Crippen LogP) is 1.68. The molecule has 29 heavy (non-hydrogen) atoms. The van der Waals surface area contributed by atoms with E-state index in [-0.39, 0.29) is 47.8 Å². The fourth-order valence-corrected chi connectivity index (χ4v) is 3.27. The second kappa shape index (κ2) is 11.9. The maximum atomic E-state index is 11.7. The molecule has 8 heteroatoms. The van der Waals surface area contributed by atoms with E-state index >= 15 is 0 Å². The number of Topliss-reactive ketones (excluding diaryl/α,β-unsaturated/α-hetero) is 2. The fraction of sp³-hybridized carbons (Fsp3) is 0.810. The lowest BCUT2D eigenvalue weighted by Gasteiger charge is -2.16. The number of rotatable bonds is 9. The molecule has 166 valence electrons. The van der Waals surface area contributed by atoms with Crippen molar-refractivity contribution >= 4 is 23.5 Å². The quantitative estimate of drug-likeness (QED) is 0.576. The van der Waals surface area contributed by atoms with E-state index < -0.39 is 0 Å². The standard InChI is InChI=1S/C11H19NO3.C10H18N2O2/c1-8(2)11(14)9-6-10(13)12(7-9)4-5-15-3;1-4-8(2)9(13)7-12-6-5-11(3)10(12)14/h8-9H,4-7H2,1-3H3;8H,4-7H2,1-3H3. The van der Waals surface area contributed by atoms with Crippen molar-refractivity contribution in [3.8, 4) is 0 Å². The van der Waals surface area contributed by atoms with Crippen LogP contribution >= 0.6 is 0 Å². The average Bonchev–Trinajstić information content (AvgIpc) is 3.22. The summed E-state index contributed by atoms with van der Waals surface area (Å²) >= 11 is 0. The summed E-state index contributed by atoms with van der Waals surface area (Å²) in [6.45, 7) is 11.0. The van der Waals surface area contributed by atoms with Crippen LogP contribution in [0.1, 0.15) is 40.5 Å². The van der Waals surface area contributed by atoms with Crippen LogP contribution in [0.15, 0.2) is 0 Å². The van der Waals surface area contributed by atoms with Crippen LogP contribution in [0.25, 0.3) is 0 Å². The molecule has 0 radical (unpaired) electrons. The molecule has 2 aliphatic heterocycles. The van der Waals surface area contributed by atoms with Gasteiger partial charge in [-0.1, -0.05) is 27.7 Å². The third-order valence-electron chi connectivity index (χ3n) is 5.56. The maximum Gasteiger partial charge on any atom is 0.320 e. The molecule has 0 aromatic rings. The van der Waals surface area contributed by atoms with E-state index in [0.717, 1.165) is 13.0 Å². The van der Waals surface area contributed by atoms with Gasteiger partial charge < -0.3 is 19.4 Å². The Bertz CT molecular complexity index is 593. The number of ketones is 2. The van der Waals surface area contributed by atoms with E-state index in [1.54, 1.807) is 28.9 Å². The number of likely N-dealkylation sites (tertiary alicyclic amines) is 1. The van der Waals surface area contributed by atoms with Gasteiger partial charge in [0.05, 0.1) is 13.2 Å². The Morgan fingerprint density at radius 3 is 2.28 bits per heavy atom. The van der Waals surface area contributed by atoms with Crippen LogP contribution in [0, 0.1) is 17.8 Å². The van der Waals surface area contributed by atoms with Crippen molar-refractivity contribution < 1.29 is 23.9 Å². The zero-order valence-electron chi connectivity index (χ0n) is 18.8. The number of ether oxygens (including phenoxy) is 1. The molecule has 0 aliphatic carbocycles. The van der Waals surface area contributed by atoms with Crippen LogP contribution in [0.3, 0.4) is 0 Å². The molecule has 0 N–H and O–H groups in total. The maximum absolute atomic E-state index is 11.7. The lowest BCUT2D eigenvalue weighted by Crippen LogP contribution is -2.35.